The van der Waals surface area contributed by atoms with Gasteiger partial charge in [-0.3, -0.25) is 14.5 Å². The van der Waals surface area contributed by atoms with Gasteiger partial charge in [-0.15, -0.1) is 0 Å². The lowest BCUT2D eigenvalue weighted by Crippen LogP contribution is -2.60. The maximum absolute atomic E-state index is 13.4. The van der Waals surface area contributed by atoms with E-state index in [1.807, 2.05) is 13.0 Å². The van der Waals surface area contributed by atoms with Gasteiger partial charge in [0.25, 0.3) is 5.91 Å². The summed E-state index contributed by atoms with van der Waals surface area (Å²) in [7, 11) is 0. The van der Waals surface area contributed by atoms with E-state index in [2.05, 4.69) is 5.32 Å². The number of benzene rings is 1. The zero-order valence-electron chi connectivity index (χ0n) is 17.7. The van der Waals surface area contributed by atoms with Gasteiger partial charge in [0.2, 0.25) is 5.91 Å². The first-order valence-corrected chi connectivity index (χ1v) is 10.7. The first-order valence-electron chi connectivity index (χ1n) is 10.7. The maximum atomic E-state index is 13.4. The zero-order chi connectivity index (χ0) is 21.5. The Morgan fingerprint density at radius 2 is 1.93 bits per heavy atom. The van der Waals surface area contributed by atoms with Gasteiger partial charge in [-0.05, 0) is 43.9 Å². The number of amides is 4. The van der Waals surface area contributed by atoms with Gasteiger partial charge in [0, 0.05) is 62.9 Å². The van der Waals surface area contributed by atoms with Gasteiger partial charge in [0.15, 0.2) is 0 Å². The number of aliphatic hydroxyl groups is 1. The van der Waals surface area contributed by atoms with E-state index in [9.17, 15) is 19.5 Å². The van der Waals surface area contributed by atoms with E-state index < -0.39 is 11.5 Å². The molecule has 0 radical (unpaired) electrons. The van der Waals surface area contributed by atoms with E-state index in [1.165, 1.54) is 0 Å². The average Bonchev–Trinajstić information content (AvgIpc) is 3.16. The van der Waals surface area contributed by atoms with Crippen molar-refractivity contribution in [2.45, 2.75) is 39.2 Å². The lowest BCUT2D eigenvalue weighted by atomic mass is 9.71. The number of nitrogens with one attached hydrogen (secondary N) is 1. The molecule has 3 fully saturated rings. The van der Waals surface area contributed by atoms with Crippen molar-refractivity contribution in [3.63, 3.8) is 0 Å². The number of hydrogen-bond donors (Lipinski definition) is 2. The molecule has 30 heavy (non-hydrogen) atoms. The molecular weight excluding hydrogens is 384 g/mol. The molecule has 4 amide bonds. The Hall–Kier alpha value is -2.61. The standard InChI is InChI=1S/C22H30N4O4/c1-15-4-5-17(12-18(15)26-11-8-23-21(26)30)20(29)25-10-6-19(28)22(14-25)7-3-9-24(13-22)16(2)27/h4-5,12,19,28H,3,6-11,13-14H2,1-2H3,(H,23,30)/t19-,22+/m0/s1. The molecule has 3 aliphatic rings. The fraction of sp³-hybridized carbons (Fsp3) is 0.591. The summed E-state index contributed by atoms with van der Waals surface area (Å²) in [4.78, 5) is 42.6. The van der Waals surface area contributed by atoms with Crippen LogP contribution in [0.3, 0.4) is 0 Å². The lowest BCUT2D eigenvalue weighted by molar-refractivity contribution is -0.138. The van der Waals surface area contributed by atoms with Crippen LogP contribution in [-0.4, -0.2) is 78.1 Å². The summed E-state index contributed by atoms with van der Waals surface area (Å²) in [6.07, 6.45) is 1.61. The second kappa shape index (κ2) is 7.91. The maximum Gasteiger partial charge on any atom is 0.322 e. The highest BCUT2D eigenvalue weighted by molar-refractivity contribution is 5.99. The number of aliphatic hydroxyl groups excluding tert-OH is 1. The molecule has 1 aromatic carbocycles. The van der Waals surface area contributed by atoms with Crippen molar-refractivity contribution in [1.29, 1.82) is 0 Å². The highest BCUT2D eigenvalue weighted by Gasteiger charge is 2.47. The van der Waals surface area contributed by atoms with Gasteiger partial charge in [-0.1, -0.05) is 6.07 Å². The van der Waals surface area contributed by atoms with Crippen molar-refractivity contribution in [2.75, 3.05) is 44.2 Å². The van der Waals surface area contributed by atoms with E-state index in [1.54, 1.807) is 33.8 Å². The van der Waals surface area contributed by atoms with Crippen molar-refractivity contribution in [3.8, 4) is 0 Å². The van der Waals surface area contributed by atoms with Gasteiger partial charge in [-0.2, -0.15) is 0 Å². The summed E-state index contributed by atoms with van der Waals surface area (Å²) >= 11 is 0. The van der Waals surface area contributed by atoms with Crippen molar-refractivity contribution < 1.29 is 19.5 Å². The zero-order valence-corrected chi connectivity index (χ0v) is 17.7. The van der Waals surface area contributed by atoms with Crippen LogP contribution in [0.4, 0.5) is 10.5 Å². The number of piperidine rings is 2. The molecule has 2 atom stereocenters. The molecular formula is C22H30N4O4. The highest BCUT2D eigenvalue weighted by Crippen LogP contribution is 2.39. The van der Waals surface area contributed by atoms with Gasteiger partial charge >= 0.3 is 6.03 Å². The number of hydrogen-bond acceptors (Lipinski definition) is 4. The number of rotatable bonds is 2. The van der Waals surface area contributed by atoms with Crippen LogP contribution in [-0.2, 0) is 4.79 Å². The molecule has 0 saturated carbocycles. The highest BCUT2D eigenvalue weighted by atomic mass is 16.3. The van der Waals surface area contributed by atoms with E-state index >= 15 is 0 Å². The number of nitrogens with zero attached hydrogens (tertiary/aromatic N) is 3. The Labute approximate surface area is 176 Å². The predicted molar refractivity (Wildman–Crippen MR) is 112 cm³/mol. The van der Waals surface area contributed by atoms with E-state index in [0.717, 1.165) is 24.1 Å². The van der Waals surface area contributed by atoms with Crippen molar-refractivity contribution >= 4 is 23.5 Å². The van der Waals surface area contributed by atoms with Gasteiger partial charge < -0.3 is 20.2 Å². The van der Waals surface area contributed by atoms with Crippen molar-refractivity contribution in [3.05, 3.63) is 29.3 Å². The van der Waals surface area contributed by atoms with Crippen LogP contribution < -0.4 is 10.2 Å². The second-order valence-electron chi connectivity index (χ2n) is 8.82. The molecule has 162 valence electrons. The van der Waals surface area contributed by atoms with Gasteiger partial charge in [0.05, 0.1) is 6.10 Å². The predicted octanol–water partition coefficient (Wildman–Crippen LogP) is 1.36. The first-order chi connectivity index (χ1) is 14.3. The smallest absolute Gasteiger partial charge is 0.322 e. The van der Waals surface area contributed by atoms with Crippen LogP contribution in [0, 0.1) is 12.3 Å². The van der Waals surface area contributed by atoms with Gasteiger partial charge in [-0.25, -0.2) is 4.79 Å². The van der Waals surface area contributed by atoms with Crippen LogP contribution in [0.5, 0.6) is 0 Å². The van der Waals surface area contributed by atoms with Crippen LogP contribution in [0.1, 0.15) is 42.1 Å². The number of carbonyl (C=O) groups excluding carboxylic acids is 3. The Morgan fingerprint density at radius 1 is 1.17 bits per heavy atom. The van der Waals surface area contributed by atoms with Crippen LogP contribution in [0.15, 0.2) is 18.2 Å². The summed E-state index contributed by atoms with van der Waals surface area (Å²) in [6.45, 7) is 6.77. The van der Waals surface area contributed by atoms with Crippen molar-refractivity contribution in [1.82, 2.24) is 15.1 Å². The Balaban J connectivity index is 1.56. The topological polar surface area (TPSA) is 93.2 Å². The van der Waals surface area contributed by atoms with Crippen LogP contribution in [0.2, 0.25) is 0 Å². The normalized spacial score (nSPS) is 26.8. The minimum absolute atomic E-state index is 0.0109. The minimum atomic E-state index is -0.523. The third-order valence-corrected chi connectivity index (χ3v) is 6.83. The molecule has 0 unspecified atom stereocenters. The van der Waals surface area contributed by atoms with Crippen molar-refractivity contribution in [2.24, 2.45) is 5.41 Å². The summed E-state index contributed by atoms with van der Waals surface area (Å²) in [5.41, 5.74) is 1.77. The number of aryl methyl sites for hydroxylation is 1. The summed E-state index contributed by atoms with van der Waals surface area (Å²) in [6, 6.07) is 5.33. The molecule has 3 aliphatic heterocycles. The van der Waals surface area contributed by atoms with E-state index in [0.29, 0.717) is 51.3 Å². The number of anilines is 1. The molecule has 0 aliphatic carbocycles. The fourth-order valence-electron chi connectivity index (χ4n) is 5.07. The molecule has 3 saturated heterocycles. The molecule has 8 nitrogen and oxygen atoms in total. The molecule has 4 rings (SSSR count). The summed E-state index contributed by atoms with van der Waals surface area (Å²) in [5.74, 6) is -0.0844. The molecule has 8 heteroatoms. The first kappa shape index (κ1) is 20.7. The molecule has 3 heterocycles. The molecule has 0 bridgehead atoms. The molecule has 1 spiro atoms. The second-order valence-corrected chi connectivity index (χ2v) is 8.82. The quantitative estimate of drug-likeness (QED) is 0.764. The third kappa shape index (κ3) is 3.64. The number of likely N-dealkylation sites (tertiary alicyclic amines) is 2. The Bertz CT molecular complexity index is 873. The Kier molecular flexibility index (Phi) is 5.44. The van der Waals surface area contributed by atoms with Crippen LogP contribution >= 0.6 is 0 Å². The average molecular weight is 415 g/mol. The summed E-state index contributed by atoms with van der Waals surface area (Å²) in [5, 5.41) is 13.6. The van der Waals surface area contributed by atoms with Gasteiger partial charge in [0.1, 0.15) is 0 Å². The lowest BCUT2D eigenvalue weighted by Gasteiger charge is -2.51. The fourth-order valence-corrected chi connectivity index (χ4v) is 5.07. The Morgan fingerprint density at radius 3 is 2.63 bits per heavy atom. The number of urea groups is 1. The minimum Gasteiger partial charge on any atom is -0.392 e. The third-order valence-electron chi connectivity index (χ3n) is 6.83. The SMILES string of the molecule is CC(=O)N1CCC[C@@]2(C1)CN(C(=O)c1ccc(C)c(N3CCNC3=O)c1)CC[C@@H]2O. The van der Waals surface area contributed by atoms with Crippen LogP contribution in [0.25, 0.3) is 0 Å². The largest absolute Gasteiger partial charge is 0.392 e. The van der Waals surface area contributed by atoms with E-state index in [-0.39, 0.29) is 17.8 Å². The summed E-state index contributed by atoms with van der Waals surface area (Å²) < 4.78 is 0. The molecule has 1 aromatic rings. The molecule has 2 N–H and O–H groups in total. The molecule has 0 aromatic heterocycles. The monoisotopic (exact) mass is 414 g/mol. The van der Waals surface area contributed by atoms with E-state index in [4.69, 9.17) is 0 Å². The number of carbonyl (C=O) groups is 3.